The Balaban J connectivity index is 1.72. The van der Waals surface area contributed by atoms with Crippen LogP contribution in [0.2, 0.25) is 0 Å². The van der Waals surface area contributed by atoms with Gasteiger partial charge in [0, 0.05) is 22.3 Å². The second kappa shape index (κ2) is 8.25. The zero-order valence-electron chi connectivity index (χ0n) is 16.8. The van der Waals surface area contributed by atoms with E-state index in [1.54, 1.807) is 4.90 Å². The first-order valence-electron chi connectivity index (χ1n) is 10.2. The van der Waals surface area contributed by atoms with Gasteiger partial charge in [0.15, 0.2) is 0 Å². The molecule has 0 fully saturated rings. The number of amides is 1. The van der Waals surface area contributed by atoms with Crippen molar-refractivity contribution in [2.45, 2.75) is 0 Å². The topological polar surface area (TPSA) is 33.2 Å². The minimum absolute atomic E-state index is 0.0896. The number of benzene rings is 4. The van der Waals surface area contributed by atoms with E-state index in [-0.39, 0.29) is 5.91 Å². The fraction of sp³-hybridized carbons (Fsp3) is 0. The van der Waals surface area contributed by atoms with Crippen LogP contribution in [0.3, 0.4) is 0 Å². The van der Waals surface area contributed by atoms with Gasteiger partial charge < -0.3 is 0 Å². The molecule has 0 aliphatic carbocycles. The third-order valence-corrected chi connectivity index (χ3v) is 5.25. The molecule has 5 rings (SSSR count). The first kappa shape index (κ1) is 18.8. The SMILES string of the molecule is O=C(c1cc(-c2ccccc2)nc2ccccc12)N(c1ccccc1)c1ccccc1. The van der Waals surface area contributed by atoms with Gasteiger partial charge in [0.2, 0.25) is 0 Å². The van der Waals surface area contributed by atoms with E-state index in [0.717, 1.165) is 33.5 Å². The number of nitrogens with zero attached hydrogens (tertiary/aromatic N) is 2. The molecule has 0 bridgehead atoms. The smallest absolute Gasteiger partial charge is 0.263 e. The Hall–Kier alpha value is -4.24. The summed E-state index contributed by atoms with van der Waals surface area (Å²) in [7, 11) is 0. The lowest BCUT2D eigenvalue weighted by molar-refractivity contribution is 0.100. The van der Waals surface area contributed by atoms with E-state index < -0.39 is 0 Å². The average Bonchev–Trinajstić information content (AvgIpc) is 2.85. The predicted octanol–water partition coefficient (Wildman–Crippen LogP) is 6.88. The van der Waals surface area contributed by atoms with Crippen molar-refractivity contribution in [2.75, 3.05) is 4.90 Å². The molecule has 0 aliphatic rings. The summed E-state index contributed by atoms with van der Waals surface area (Å²) in [6.45, 7) is 0. The normalized spacial score (nSPS) is 10.7. The van der Waals surface area contributed by atoms with Crippen molar-refractivity contribution >= 4 is 28.2 Å². The van der Waals surface area contributed by atoms with Crippen LogP contribution in [0.5, 0.6) is 0 Å². The van der Waals surface area contributed by atoms with Gasteiger partial charge in [0.25, 0.3) is 5.91 Å². The summed E-state index contributed by atoms with van der Waals surface area (Å²) in [5, 5.41) is 0.837. The summed E-state index contributed by atoms with van der Waals surface area (Å²) in [6, 6.07) is 39.1. The van der Waals surface area contributed by atoms with Gasteiger partial charge in [-0.15, -0.1) is 0 Å². The van der Waals surface area contributed by atoms with Crippen molar-refractivity contribution in [2.24, 2.45) is 0 Å². The van der Waals surface area contributed by atoms with E-state index in [1.165, 1.54) is 0 Å². The van der Waals surface area contributed by atoms with E-state index >= 15 is 0 Å². The first-order chi connectivity index (χ1) is 15.3. The average molecular weight is 400 g/mol. The first-order valence-corrected chi connectivity index (χ1v) is 10.2. The Bertz CT molecular complexity index is 1290. The van der Waals surface area contributed by atoms with Gasteiger partial charge in [0.05, 0.1) is 16.8 Å². The third kappa shape index (κ3) is 3.69. The molecule has 31 heavy (non-hydrogen) atoms. The Labute approximate surface area is 181 Å². The number of anilines is 2. The molecule has 0 unspecified atom stereocenters. The third-order valence-electron chi connectivity index (χ3n) is 5.25. The monoisotopic (exact) mass is 400 g/mol. The zero-order chi connectivity index (χ0) is 21.0. The number of rotatable bonds is 4. The summed E-state index contributed by atoms with van der Waals surface area (Å²) in [5.41, 5.74) is 4.82. The van der Waals surface area contributed by atoms with Crippen LogP contribution in [-0.4, -0.2) is 10.9 Å². The molecule has 0 spiro atoms. The largest absolute Gasteiger partial charge is 0.277 e. The number of carbonyl (C=O) groups is 1. The van der Waals surface area contributed by atoms with Crippen LogP contribution in [0.15, 0.2) is 121 Å². The minimum atomic E-state index is -0.0896. The van der Waals surface area contributed by atoms with E-state index in [1.807, 2.05) is 121 Å². The quantitative estimate of drug-likeness (QED) is 0.329. The Morgan fingerprint density at radius 1 is 0.613 bits per heavy atom. The molecular formula is C28H20N2O. The molecule has 0 aliphatic heterocycles. The Kier molecular flexibility index (Phi) is 4.99. The summed E-state index contributed by atoms with van der Waals surface area (Å²) in [6.07, 6.45) is 0. The number of para-hydroxylation sites is 3. The van der Waals surface area contributed by atoms with Gasteiger partial charge in [-0.25, -0.2) is 4.98 Å². The highest BCUT2D eigenvalue weighted by Crippen LogP contribution is 2.31. The molecule has 1 amide bonds. The minimum Gasteiger partial charge on any atom is -0.277 e. The van der Waals surface area contributed by atoms with E-state index in [9.17, 15) is 4.79 Å². The second-order valence-corrected chi connectivity index (χ2v) is 7.25. The molecule has 1 aromatic heterocycles. The van der Waals surface area contributed by atoms with Gasteiger partial charge in [-0.05, 0) is 36.4 Å². The van der Waals surface area contributed by atoms with Crippen LogP contribution in [0.1, 0.15) is 10.4 Å². The molecule has 148 valence electrons. The van der Waals surface area contributed by atoms with Crippen molar-refractivity contribution in [3.8, 4) is 11.3 Å². The molecule has 0 saturated carbocycles. The molecule has 4 aromatic carbocycles. The Morgan fingerprint density at radius 2 is 1.13 bits per heavy atom. The lowest BCUT2D eigenvalue weighted by Gasteiger charge is -2.24. The molecule has 5 aromatic rings. The van der Waals surface area contributed by atoms with Crippen LogP contribution in [0.25, 0.3) is 22.2 Å². The van der Waals surface area contributed by atoms with E-state index in [4.69, 9.17) is 4.98 Å². The molecule has 3 nitrogen and oxygen atoms in total. The molecule has 0 radical (unpaired) electrons. The Morgan fingerprint density at radius 3 is 1.74 bits per heavy atom. The summed E-state index contributed by atoms with van der Waals surface area (Å²) < 4.78 is 0. The maximum Gasteiger partial charge on any atom is 0.263 e. The van der Waals surface area contributed by atoms with Crippen molar-refractivity contribution in [1.29, 1.82) is 0 Å². The molecule has 3 heteroatoms. The molecular weight excluding hydrogens is 380 g/mol. The van der Waals surface area contributed by atoms with Gasteiger partial charge in [-0.1, -0.05) is 84.9 Å². The number of hydrogen-bond acceptors (Lipinski definition) is 2. The van der Waals surface area contributed by atoms with E-state index in [0.29, 0.717) is 5.56 Å². The maximum atomic E-state index is 14.0. The summed E-state index contributed by atoms with van der Waals surface area (Å²) in [5.74, 6) is -0.0896. The second-order valence-electron chi connectivity index (χ2n) is 7.25. The lowest BCUT2D eigenvalue weighted by Crippen LogP contribution is -2.26. The molecule has 0 saturated heterocycles. The fourth-order valence-electron chi connectivity index (χ4n) is 3.77. The highest BCUT2D eigenvalue weighted by molar-refractivity contribution is 6.17. The number of pyridine rings is 1. The van der Waals surface area contributed by atoms with Gasteiger partial charge >= 0.3 is 0 Å². The van der Waals surface area contributed by atoms with Crippen molar-refractivity contribution in [3.63, 3.8) is 0 Å². The maximum absolute atomic E-state index is 14.0. The highest BCUT2D eigenvalue weighted by atomic mass is 16.2. The summed E-state index contributed by atoms with van der Waals surface area (Å²) in [4.78, 5) is 20.6. The zero-order valence-corrected chi connectivity index (χ0v) is 16.8. The van der Waals surface area contributed by atoms with Crippen molar-refractivity contribution < 1.29 is 4.79 Å². The van der Waals surface area contributed by atoms with Crippen molar-refractivity contribution in [1.82, 2.24) is 4.98 Å². The van der Waals surface area contributed by atoms with Crippen LogP contribution < -0.4 is 4.90 Å². The number of hydrogen-bond donors (Lipinski definition) is 0. The summed E-state index contributed by atoms with van der Waals surface area (Å²) >= 11 is 0. The standard InChI is InChI=1S/C28H20N2O/c31-28(30(22-14-6-2-7-15-22)23-16-8-3-9-17-23)25-20-27(21-12-4-1-5-13-21)29-26-19-11-10-18-24(25)26/h1-20H. The predicted molar refractivity (Wildman–Crippen MR) is 127 cm³/mol. The molecule has 1 heterocycles. The molecule has 0 atom stereocenters. The van der Waals surface area contributed by atoms with Crippen LogP contribution in [0.4, 0.5) is 11.4 Å². The van der Waals surface area contributed by atoms with E-state index in [2.05, 4.69) is 0 Å². The fourth-order valence-corrected chi connectivity index (χ4v) is 3.77. The molecule has 0 N–H and O–H groups in total. The number of fused-ring (bicyclic) bond motifs is 1. The van der Waals surface area contributed by atoms with Gasteiger partial charge in [-0.2, -0.15) is 0 Å². The van der Waals surface area contributed by atoms with Gasteiger partial charge in [-0.3, -0.25) is 9.69 Å². The number of aromatic nitrogens is 1. The van der Waals surface area contributed by atoms with Crippen LogP contribution in [-0.2, 0) is 0 Å². The van der Waals surface area contributed by atoms with Gasteiger partial charge in [0.1, 0.15) is 0 Å². The van der Waals surface area contributed by atoms with Crippen LogP contribution >= 0.6 is 0 Å². The number of carbonyl (C=O) groups excluding carboxylic acids is 1. The van der Waals surface area contributed by atoms with Crippen LogP contribution in [0, 0.1) is 0 Å². The lowest BCUT2D eigenvalue weighted by atomic mass is 10.0. The van der Waals surface area contributed by atoms with Crippen molar-refractivity contribution in [3.05, 3.63) is 127 Å². The highest BCUT2D eigenvalue weighted by Gasteiger charge is 2.22.